The molecule has 10 heteroatoms. The van der Waals surface area contributed by atoms with Gasteiger partial charge in [0.15, 0.2) is 11.5 Å². The summed E-state index contributed by atoms with van der Waals surface area (Å²) in [5, 5.41) is 7.93. The summed E-state index contributed by atoms with van der Waals surface area (Å²) >= 11 is 0. The molecule has 0 saturated carbocycles. The lowest BCUT2D eigenvalue weighted by molar-refractivity contribution is -0.127. The third kappa shape index (κ3) is 5.04. The number of aromatic nitrogens is 3. The van der Waals surface area contributed by atoms with E-state index in [1.807, 2.05) is 30.3 Å². The monoisotopic (exact) mass is 501 g/mol. The van der Waals surface area contributed by atoms with Crippen LogP contribution in [0.2, 0.25) is 0 Å². The largest absolute Gasteiger partial charge is 0.495 e. The van der Waals surface area contributed by atoms with Gasteiger partial charge < -0.3 is 29.0 Å². The number of likely N-dealkylation sites (tertiary alicyclic amines) is 1. The zero-order chi connectivity index (χ0) is 25.8. The fourth-order valence-electron chi connectivity index (χ4n) is 4.38. The molecule has 1 amide bonds. The average molecular weight is 502 g/mol. The molecule has 190 valence electrons. The van der Waals surface area contributed by atoms with Gasteiger partial charge in [-0.1, -0.05) is 17.8 Å². The standard InChI is InChI=1S/C27H27N5O5/c1-4-26(33)32-9-7-19(8-10-32)37-25-12-20-21(13-24(25)35-3)28-16-29-27(20)31-22-11-17(5-6-23(22)34-2)18-14-30-36-15-18/h4-6,11-16,19H,1,7-10H2,2-3H3,(H,28,29,31). The second-order valence-corrected chi connectivity index (χ2v) is 8.54. The van der Waals surface area contributed by atoms with Gasteiger partial charge in [-0.15, -0.1) is 0 Å². The molecule has 1 fully saturated rings. The van der Waals surface area contributed by atoms with E-state index in [4.69, 9.17) is 18.7 Å². The smallest absolute Gasteiger partial charge is 0.245 e. The maximum Gasteiger partial charge on any atom is 0.245 e. The van der Waals surface area contributed by atoms with E-state index in [1.165, 1.54) is 12.4 Å². The van der Waals surface area contributed by atoms with Gasteiger partial charge in [0.05, 0.1) is 31.6 Å². The maximum atomic E-state index is 11.9. The molecule has 3 heterocycles. The molecule has 0 aliphatic carbocycles. The average Bonchev–Trinajstić information content (AvgIpc) is 3.48. The van der Waals surface area contributed by atoms with Crippen molar-refractivity contribution in [3.05, 3.63) is 61.8 Å². The molecule has 2 aromatic carbocycles. The van der Waals surface area contributed by atoms with Crippen LogP contribution < -0.4 is 19.5 Å². The van der Waals surface area contributed by atoms with Crippen molar-refractivity contribution in [3.63, 3.8) is 0 Å². The minimum Gasteiger partial charge on any atom is -0.495 e. The Kier molecular flexibility index (Phi) is 6.89. The van der Waals surface area contributed by atoms with Crippen LogP contribution in [-0.2, 0) is 4.79 Å². The molecule has 1 aliphatic heterocycles. The molecular weight excluding hydrogens is 474 g/mol. The Morgan fingerprint density at radius 1 is 1.08 bits per heavy atom. The van der Waals surface area contributed by atoms with Crippen molar-refractivity contribution < 1.29 is 23.5 Å². The summed E-state index contributed by atoms with van der Waals surface area (Å²) in [6.45, 7) is 4.80. The van der Waals surface area contributed by atoms with E-state index in [1.54, 1.807) is 31.6 Å². The number of ether oxygens (including phenoxy) is 3. The molecular formula is C27H27N5O5. The third-order valence-corrected chi connectivity index (χ3v) is 6.36. The molecule has 1 saturated heterocycles. The first-order valence-corrected chi connectivity index (χ1v) is 11.8. The van der Waals surface area contributed by atoms with Crippen molar-refractivity contribution in [2.24, 2.45) is 0 Å². The van der Waals surface area contributed by atoms with Gasteiger partial charge in [0.2, 0.25) is 5.91 Å². The molecule has 37 heavy (non-hydrogen) atoms. The van der Waals surface area contributed by atoms with E-state index in [0.29, 0.717) is 54.5 Å². The Labute approximate surface area is 213 Å². The van der Waals surface area contributed by atoms with Gasteiger partial charge in [-0.25, -0.2) is 9.97 Å². The number of nitrogens with one attached hydrogen (secondary N) is 1. The molecule has 0 spiro atoms. The van der Waals surface area contributed by atoms with Crippen molar-refractivity contribution in [1.82, 2.24) is 20.0 Å². The van der Waals surface area contributed by atoms with Crippen LogP contribution in [0.3, 0.4) is 0 Å². The lowest BCUT2D eigenvalue weighted by Crippen LogP contribution is -2.41. The van der Waals surface area contributed by atoms with Gasteiger partial charge in [-0.2, -0.15) is 0 Å². The van der Waals surface area contributed by atoms with Crippen molar-refractivity contribution in [2.75, 3.05) is 32.6 Å². The highest BCUT2D eigenvalue weighted by Gasteiger charge is 2.24. The molecule has 1 aliphatic rings. The molecule has 0 bridgehead atoms. The first kappa shape index (κ1) is 24.1. The van der Waals surface area contributed by atoms with Crippen LogP contribution in [0, 0.1) is 0 Å². The lowest BCUT2D eigenvalue weighted by Gasteiger charge is -2.31. The van der Waals surface area contributed by atoms with Crippen LogP contribution in [0.4, 0.5) is 11.5 Å². The number of carbonyl (C=O) groups is 1. The van der Waals surface area contributed by atoms with Crippen molar-refractivity contribution in [2.45, 2.75) is 18.9 Å². The fraction of sp³-hybridized carbons (Fsp3) is 0.259. The Balaban J connectivity index is 1.45. The molecule has 2 aromatic heterocycles. The van der Waals surface area contributed by atoms with Crippen LogP contribution in [0.5, 0.6) is 17.2 Å². The van der Waals surface area contributed by atoms with E-state index in [0.717, 1.165) is 22.2 Å². The number of benzene rings is 2. The van der Waals surface area contributed by atoms with Crippen molar-refractivity contribution >= 4 is 28.3 Å². The van der Waals surface area contributed by atoms with Gasteiger partial charge in [0.25, 0.3) is 0 Å². The molecule has 5 rings (SSSR count). The second kappa shape index (κ2) is 10.6. The molecule has 10 nitrogen and oxygen atoms in total. The fourth-order valence-corrected chi connectivity index (χ4v) is 4.38. The van der Waals surface area contributed by atoms with Gasteiger partial charge in [0, 0.05) is 42.9 Å². The van der Waals surface area contributed by atoms with Crippen LogP contribution in [0.15, 0.2) is 66.3 Å². The maximum absolute atomic E-state index is 11.9. The highest BCUT2D eigenvalue weighted by Crippen LogP contribution is 2.38. The van der Waals surface area contributed by atoms with Gasteiger partial charge in [0.1, 0.15) is 30.3 Å². The topological polar surface area (TPSA) is 112 Å². The minimum atomic E-state index is -0.0573. The van der Waals surface area contributed by atoms with E-state index >= 15 is 0 Å². The van der Waals surface area contributed by atoms with Gasteiger partial charge >= 0.3 is 0 Å². The van der Waals surface area contributed by atoms with Gasteiger partial charge in [-0.3, -0.25) is 4.79 Å². The van der Waals surface area contributed by atoms with Gasteiger partial charge in [-0.05, 0) is 29.8 Å². The van der Waals surface area contributed by atoms with Crippen LogP contribution in [0.1, 0.15) is 12.8 Å². The summed E-state index contributed by atoms with van der Waals surface area (Å²) in [7, 11) is 3.21. The Morgan fingerprint density at radius 2 is 1.89 bits per heavy atom. The van der Waals surface area contributed by atoms with E-state index < -0.39 is 0 Å². The first-order chi connectivity index (χ1) is 18.1. The number of rotatable bonds is 8. The number of fused-ring (bicyclic) bond motifs is 1. The Bertz CT molecular complexity index is 1410. The number of hydrogen-bond acceptors (Lipinski definition) is 9. The number of methoxy groups -OCH3 is 2. The van der Waals surface area contributed by atoms with Crippen LogP contribution in [0.25, 0.3) is 22.0 Å². The SMILES string of the molecule is C=CC(=O)N1CCC(Oc2cc3c(Nc4cc(-c5cnoc5)ccc4OC)ncnc3cc2OC)CC1. The lowest BCUT2D eigenvalue weighted by atomic mass is 10.1. The number of anilines is 2. The van der Waals surface area contributed by atoms with E-state index in [9.17, 15) is 4.79 Å². The normalized spacial score (nSPS) is 13.8. The van der Waals surface area contributed by atoms with E-state index in [-0.39, 0.29) is 12.0 Å². The Hall–Kier alpha value is -4.60. The first-order valence-electron chi connectivity index (χ1n) is 11.8. The zero-order valence-corrected chi connectivity index (χ0v) is 20.6. The number of piperidine rings is 1. The zero-order valence-electron chi connectivity index (χ0n) is 20.6. The summed E-state index contributed by atoms with van der Waals surface area (Å²) in [6.07, 6.45) is 7.44. The Morgan fingerprint density at radius 3 is 2.59 bits per heavy atom. The summed E-state index contributed by atoms with van der Waals surface area (Å²) in [5.41, 5.74) is 3.18. The highest BCUT2D eigenvalue weighted by molar-refractivity contribution is 5.94. The van der Waals surface area contributed by atoms with Crippen LogP contribution >= 0.6 is 0 Å². The van der Waals surface area contributed by atoms with E-state index in [2.05, 4.69) is 27.0 Å². The highest BCUT2D eigenvalue weighted by atomic mass is 16.5. The minimum absolute atomic E-state index is 0.0541. The summed E-state index contributed by atoms with van der Waals surface area (Å²) in [5.74, 6) is 2.35. The number of hydrogen-bond donors (Lipinski definition) is 1. The quantitative estimate of drug-likeness (QED) is 0.346. The molecule has 0 unspecified atom stereocenters. The predicted molar refractivity (Wildman–Crippen MR) is 138 cm³/mol. The summed E-state index contributed by atoms with van der Waals surface area (Å²) in [6, 6.07) is 9.46. The van der Waals surface area contributed by atoms with Crippen LogP contribution in [-0.4, -0.2) is 59.3 Å². The second-order valence-electron chi connectivity index (χ2n) is 8.54. The molecule has 1 N–H and O–H groups in total. The molecule has 0 atom stereocenters. The summed E-state index contributed by atoms with van der Waals surface area (Å²) < 4.78 is 22.5. The number of carbonyl (C=O) groups excluding carboxylic acids is 1. The molecule has 4 aromatic rings. The number of nitrogens with zero attached hydrogens (tertiary/aromatic N) is 4. The number of amides is 1. The van der Waals surface area contributed by atoms with Crippen molar-refractivity contribution in [1.29, 1.82) is 0 Å². The third-order valence-electron chi connectivity index (χ3n) is 6.36. The molecule has 0 radical (unpaired) electrons. The summed E-state index contributed by atoms with van der Waals surface area (Å²) in [4.78, 5) is 22.6. The predicted octanol–water partition coefficient (Wildman–Crippen LogP) is 4.60. The van der Waals surface area contributed by atoms with Crippen molar-refractivity contribution in [3.8, 4) is 28.4 Å².